The zero-order chi connectivity index (χ0) is 21.4. The number of nitrogens with zero attached hydrogens (tertiary/aromatic N) is 1. The highest BCUT2D eigenvalue weighted by atomic mass is 16.5. The first-order valence-corrected chi connectivity index (χ1v) is 9.69. The Morgan fingerprint density at radius 2 is 1.97 bits per heavy atom. The molecule has 1 saturated heterocycles. The number of fused-ring (bicyclic) bond motifs is 1. The predicted molar refractivity (Wildman–Crippen MR) is 110 cm³/mol. The molecule has 30 heavy (non-hydrogen) atoms. The lowest BCUT2D eigenvalue weighted by molar-refractivity contribution is -0.142. The number of aromatic hydroxyl groups is 1. The number of para-hydroxylation sites is 1. The van der Waals surface area contributed by atoms with Crippen LogP contribution in [0.3, 0.4) is 0 Å². The van der Waals surface area contributed by atoms with E-state index in [0.29, 0.717) is 12.0 Å². The van der Waals surface area contributed by atoms with Gasteiger partial charge in [0, 0.05) is 23.6 Å². The maximum Gasteiger partial charge on any atom is 0.291 e. The number of likely N-dealkylation sites (tertiary alicyclic amines) is 1. The number of Topliss-reactive ketones (excluding diaryl/α,β-unsaturated/α-hetero) is 2. The number of amides is 1. The van der Waals surface area contributed by atoms with E-state index >= 15 is 0 Å². The summed E-state index contributed by atoms with van der Waals surface area (Å²) in [4.78, 5) is 42.4. The average Bonchev–Trinajstić information content (AvgIpc) is 3.26. The molecule has 0 bridgehead atoms. The number of phenolic OH excluding ortho intramolecular Hbond substituents is 1. The number of carbonyl (C=O) groups excluding carboxylic acids is 3. The maximum absolute atomic E-state index is 12.8. The first kappa shape index (κ1) is 19.7. The molecule has 2 atom stereocenters. The number of ketones is 2. The molecule has 2 N–H and O–H groups in total. The van der Waals surface area contributed by atoms with Gasteiger partial charge in [0.15, 0.2) is 11.5 Å². The van der Waals surface area contributed by atoms with Gasteiger partial charge in [0.1, 0.15) is 11.7 Å². The highest BCUT2D eigenvalue weighted by molar-refractivity contribution is 6.42. The largest absolute Gasteiger partial charge is 0.504 e. The minimum atomic E-state index is -1.07. The zero-order valence-electron chi connectivity index (χ0n) is 16.7. The summed E-state index contributed by atoms with van der Waals surface area (Å²) in [6, 6.07) is 11.8. The van der Waals surface area contributed by atoms with E-state index in [4.69, 9.17) is 4.74 Å². The highest BCUT2D eigenvalue weighted by Crippen LogP contribution is 2.40. The molecule has 0 spiro atoms. The smallest absolute Gasteiger partial charge is 0.291 e. The van der Waals surface area contributed by atoms with E-state index < -0.39 is 23.7 Å². The number of aromatic nitrogens is 1. The van der Waals surface area contributed by atoms with Gasteiger partial charge in [-0.2, -0.15) is 0 Å². The van der Waals surface area contributed by atoms with Crippen LogP contribution in [0, 0.1) is 5.92 Å². The molecule has 2 heterocycles. The summed E-state index contributed by atoms with van der Waals surface area (Å²) >= 11 is 0. The number of rotatable bonds is 6. The number of benzene rings is 2. The molecule has 154 valence electrons. The quantitative estimate of drug-likeness (QED) is 0.484. The number of carbonyl (C=O) groups is 3. The second-order valence-corrected chi connectivity index (χ2v) is 7.44. The van der Waals surface area contributed by atoms with E-state index in [1.165, 1.54) is 25.0 Å². The molecule has 1 aliphatic rings. The van der Waals surface area contributed by atoms with Crippen LogP contribution in [-0.2, 0) is 20.8 Å². The van der Waals surface area contributed by atoms with Crippen LogP contribution in [0.2, 0.25) is 0 Å². The fourth-order valence-corrected chi connectivity index (χ4v) is 4.20. The molecule has 3 aromatic rings. The van der Waals surface area contributed by atoms with Crippen molar-refractivity contribution in [1.82, 2.24) is 9.88 Å². The van der Waals surface area contributed by atoms with Crippen molar-refractivity contribution in [3.8, 4) is 11.5 Å². The van der Waals surface area contributed by atoms with E-state index in [-0.39, 0.29) is 23.8 Å². The Labute approximate surface area is 173 Å². The second-order valence-electron chi connectivity index (χ2n) is 7.44. The normalized spacial score (nSPS) is 18.9. The monoisotopic (exact) mass is 406 g/mol. The van der Waals surface area contributed by atoms with Crippen molar-refractivity contribution in [2.45, 2.75) is 19.4 Å². The number of aromatic amines is 1. The van der Waals surface area contributed by atoms with Crippen molar-refractivity contribution in [2.75, 3.05) is 13.7 Å². The molecule has 1 aromatic heterocycles. The van der Waals surface area contributed by atoms with Crippen LogP contribution >= 0.6 is 0 Å². The van der Waals surface area contributed by atoms with Crippen LogP contribution in [0.4, 0.5) is 0 Å². The van der Waals surface area contributed by atoms with E-state index in [1.807, 2.05) is 30.5 Å². The summed E-state index contributed by atoms with van der Waals surface area (Å²) in [5, 5.41) is 11.0. The zero-order valence-corrected chi connectivity index (χ0v) is 16.7. The van der Waals surface area contributed by atoms with Crippen molar-refractivity contribution in [3.05, 3.63) is 59.8 Å². The molecule has 7 nitrogen and oxygen atoms in total. The average molecular weight is 406 g/mol. The van der Waals surface area contributed by atoms with Crippen molar-refractivity contribution in [1.29, 1.82) is 0 Å². The maximum atomic E-state index is 12.8. The number of H-pyrrole nitrogens is 1. The van der Waals surface area contributed by atoms with Gasteiger partial charge in [0.25, 0.3) is 5.91 Å². The topological polar surface area (TPSA) is 99.7 Å². The minimum Gasteiger partial charge on any atom is -0.504 e. The third-order valence-electron chi connectivity index (χ3n) is 5.69. The third kappa shape index (κ3) is 3.22. The van der Waals surface area contributed by atoms with Crippen LogP contribution in [0.25, 0.3) is 10.9 Å². The summed E-state index contributed by atoms with van der Waals surface area (Å²) in [6.45, 7) is 1.60. The van der Waals surface area contributed by atoms with Gasteiger partial charge in [-0.15, -0.1) is 0 Å². The minimum absolute atomic E-state index is 0.0541. The van der Waals surface area contributed by atoms with E-state index in [0.717, 1.165) is 16.5 Å². The summed E-state index contributed by atoms with van der Waals surface area (Å²) in [6.07, 6.45) is 2.42. The number of phenols is 1. The van der Waals surface area contributed by atoms with Crippen molar-refractivity contribution in [2.24, 2.45) is 5.92 Å². The van der Waals surface area contributed by atoms with Gasteiger partial charge in [-0.05, 0) is 42.7 Å². The summed E-state index contributed by atoms with van der Waals surface area (Å²) in [7, 11) is 1.42. The molecule has 1 aliphatic heterocycles. The lowest BCUT2D eigenvalue weighted by Gasteiger charge is -2.27. The van der Waals surface area contributed by atoms with E-state index in [2.05, 4.69) is 4.98 Å². The lowest BCUT2D eigenvalue weighted by atomic mass is 9.89. The standard InChI is InChI=1S/C23H22N2O5/c1-13(26)20-21(14-7-8-18(27)19(11-14)30-2)25(23(29)22(20)28)10-9-15-12-24-17-6-4-3-5-16(15)17/h3-8,11-12,20-21,24,27H,9-10H2,1-2H3. The molecular weight excluding hydrogens is 384 g/mol. The van der Waals surface area contributed by atoms with Crippen LogP contribution in [0.5, 0.6) is 11.5 Å². The molecule has 0 saturated carbocycles. The molecule has 0 radical (unpaired) electrons. The Hall–Kier alpha value is -3.61. The summed E-state index contributed by atoms with van der Waals surface area (Å²) in [5.41, 5.74) is 2.60. The van der Waals surface area contributed by atoms with Gasteiger partial charge in [0.05, 0.1) is 13.2 Å². The molecule has 2 aromatic carbocycles. The molecule has 4 rings (SSSR count). The number of nitrogens with one attached hydrogen (secondary N) is 1. The van der Waals surface area contributed by atoms with Crippen molar-refractivity contribution >= 4 is 28.4 Å². The van der Waals surface area contributed by atoms with Gasteiger partial charge in [-0.1, -0.05) is 24.3 Å². The fraction of sp³-hybridized carbons (Fsp3) is 0.261. The number of hydrogen-bond acceptors (Lipinski definition) is 5. The lowest BCUT2D eigenvalue weighted by Crippen LogP contribution is -2.32. The third-order valence-corrected chi connectivity index (χ3v) is 5.69. The van der Waals surface area contributed by atoms with Gasteiger partial charge in [0.2, 0.25) is 5.78 Å². The molecule has 2 unspecified atom stereocenters. The van der Waals surface area contributed by atoms with Crippen LogP contribution in [0.1, 0.15) is 24.1 Å². The Bertz CT molecular complexity index is 1150. The highest BCUT2D eigenvalue weighted by Gasteiger charge is 2.50. The van der Waals surface area contributed by atoms with E-state index in [9.17, 15) is 19.5 Å². The van der Waals surface area contributed by atoms with Crippen LogP contribution in [-0.4, -0.2) is 46.1 Å². The van der Waals surface area contributed by atoms with Crippen LogP contribution in [0.15, 0.2) is 48.7 Å². The van der Waals surface area contributed by atoms with Gasteiger partial charge < -0.3 is 19.7 Å². The molecular formula is C23H22N2O5. The molecule has 1 fully saturated rings. The molecule has 1 amide bonds. The van der Waals surface area contributed by atoms with Gasteiger partial charge >= 0.3 is 0 Å². The first-order chi connectivity index (χ1) is 14.4. The number of ether oxygens (including phenoxy) is 1. The van der Waals surface area contributed by atoms with Gasteiger partial charge in [-0.25, -0.2) is 0 Å². The Morgan fingerprint density at radius 3 is 2.70 bits per heavy atom. The molecule has 0 aliphatic carbocycles. The number of methoxy groups -OCH3 is 1. The Kier molecular flexibility index (Phi) is 5.03. The SMILES string of the molecule is COc1cc(C2C(C(C)=O)C(=O)C(=O)N2CCc2c[nH]c3ccccc23)ccc1O. The van der Waals surface area contributed by atoms with Gasteiger partial charge in [-0.3, -0.25) is 14.4 Å². The second kappa shape index (κ2) is 7.67. The first-order valence-electron chi connectivity index (χ1n) is 9.69. The van der Waals surface area contributed by atoms with Crippen molar-refractivity contribution < 1.29 is 24.2 Å². The van der Waals surface area contributed by atoms with Crippen molar-refractivity contribution in [3.63, 3.8) is 0 Å². The number of hydrogen-bond donors (Lipinski definition) is 2. The summed E-state index contributed by atoms with van der Waals surface area (Å²) in [5.74, 6) is -2.62. The molecule has 7 heteroatoms. The fourth-order valence-electron chi connectivity index (χ4n) is 4.20. The Morgan fingerprint density at radius 1 is 1.20 bits per heavy atom. The summed E-state index contributed by atoms with van der Waals surface area (Å²) < 4.78 is 5.17. The van der Waals surface area contributed by atoms with Crippen LogP contribution < -0.4 is 4.74 Å². The Balaban J connectivity index is 1.69. The predicted octanol–water partition coefficient (Wildman–Crippen LogP) is 2.78. The van der Waals surface area contributed by atoms with E-state index in [1.54, 1.807) is 12.1 Å².